The molecule has 6 heteroatoms. The van der Waals surface area contributed by atoms with E-state index in [0.29, 0.717) is 11.4 Å². The number of carbonyl (C=O) groups is 1. The highest BCUT2D eigenvalue weighted by molar-refractivity contribution is 5.81. The summed E-state index contributed by atoms with van der Waals surface area (Å²) < 4.78 is 18.4. The maximum atomic E-state index is 13.3. The Labute approximate surface area is 115 Å². The van der Waals surface area contributed by atoms with Gasteiger partial charge in [-0.25, -0.2) is 4.39 Å². The largest absolute Gasteiger partial charge is 0.467 e. The Morgan fingerprint density at radius 1 is 1.35 bits per heavy atom. The SMILES string of the molecule is N#Cc1c(F)cccc1NCC(=O)NCc1ccco1. The van der Waals surface area contributed by atoms with Gasteiger partial charge in [-0.05, 0) is 24.3 Å². The van der Waals surface area contributed by atoms with Crippen LogP contribution in [0.15, 0.2) is 41.0 Å². The molecule has 0 aliphatic rings. The summed E-state index contributed by atoms with van der Waals surface area (Å²) >= 11 is 0. The number of nitrogens with zero attached hydrogens (tertiary/aromatic N) is 1. The average molecular weight is 273 g/mol. The molecule has 0 bridgehead atoms. The molecule has 0 aliphatic heterocycles. The summed E-state index contributed by atoms with van der Waals surface area (Å²) in [5, 5.41) is 14.2. The van der Waals surface area contributed by atoms with E-state index in [2.05, 4.69) is 10.6 Å². The van der Waals surface area contributed by atoms with Crippen LogP contribution in [0.25, 0.3) is 0 Å². The van der Waals surface area contributed by atoms with Crippen molar-refractivity contribution in [3.63, 3.8) is 0 Å². The number of benzene rings is 1. The van der Waals surface area contributed by atoms with Crippen LogP contribution in [0, 0.1) is 17.1 Å². The lowest BCUT2D eigenvalue weighted by Gasteiger charge is -2.08. The van der Waals surface area contributed by atoms with Crippen LogP contribution < -0.4 is 10.6 Å². The van der Waals surface area contributed by atoms with Crippen molar-refractivity contribution in [2.45, 2.75) is 6.54 Å². The van der Waals surface area contributed by atoms with Gasteiger partial charge in [-0.3, -0.25) is 4.79 Å². The molecule has 0 radical (unpaired) electrons. The van der Waals surface area contributed by atoms with Gasteiger partial charge in [-0.15, -0.1) is 0 Å². The Morgan fingerprint density at radius 2 is 2.20 bits per heavy atom. The number of halogens is 1. The molecular formula is C14H12FN3O2. The first-order valence-electron chi connectivity index (χ1n) is 5.92. The van der Waals surface area contributed by atoms with Crippen molar-refractivity contribution in [1.82, 2.24) is 5.32 Å². The van der Waals surface area contributed by atoms with Crippen LogP contribution in [0.2, 0.25) is 0 Å². The Hall–Kier alpha value is -2.81. The standard InChI is InChI=1S/C14H12FN3O2/c15-12-4-1-5-13(11(12)7-16)17-9-14(19)18-8-10-3-2-6-20-10/h1-6,17H,8-9H2,(H,18,19). The molecular weight excluding hydrogens is 261 g/mol. The van der Waals surface area contributed by atoms with Gasteiger partial charge in [0.25, 0.3) is 0 Å². The summed E-state index contributed by atoms with van der Waals surface area (Å²) in [5.74, 6) is -0.259. The Bertz CT molecular complexity index is 632. The molecule has 2 N–H and O–H groups in total. The first-order valence-corrected chi connectivity index (χ1v) is 5.92. The molecule has 0 saturated carbocycles. The molecule has 0 spiro atoms. The zero-order valence-corrected chi connectivity index (χ0v) is 10.5. The molecule has 5 nitrogen and oxygen atoms in total. The zero-order chi connectivity index (χ0) is 14.4. The van der Waals surface area contributed by atoms with Gasteiger partial charge in [0.2, 0.25) is 5.91 Å². The lowest BCUT2D eigenvalue weighted by atomic mass is 10.2. The first-order chi connectivity index (χ1) is 9.70. The minimum Gasteiger partial charge on any atom is -0.467 e. The third kappa shape index (κ3) is 3.36. The summed E-state index contributed by atoms with van der Waals surface area (Å²) in [6, 6.07) is 9.44. The highest BCUT2D eigenvalue weighted by Gasteiger charge is 2.09. The van der Waals surface area contributed by atoms with Crippen LogP contribution in [0.3, 0.4) is 0 Å². The molecule has 1 aromatic carbocycles. The maximum Gasteiger partial charge on any atom is 0.239 e. The number of rotatable bonds is 5. The van der Waals surface area contributed by atoms with E-state index in [4.69, 9.17) is 9.68 Å². The number of hydrogen-bond donors (Lipinski definition) is 2. The van der Waals surface area contributed by atoms with Crippen LogP contribution in [0.5, 0.6) is 0 Å². The van der Waals surface area contributed by atoms with Gasteiger partial charge in [0.15, 0.2) is 0 Å². The van der Waals surface area contributed by atoms with E-state index in [0.717, 1.165) is 0 Å². The van der Waals surface area contributed by atoms with E-state index in [9.17, 15) is 9.18 Å². The number of carbonyl (C=O) groups excluding carboxylic acids is 1. The molecule has 20 heavy (non-hydrogen) atoms. The molecule has 2 rings (SSSR count). The summed E-state index contributed by atoms with van der Waals surface area (Å²) in [5.41, 5.74) is 0.187. The molecule has 102 valence electrons. The van der Waals surface area contributed by atoms with Crippen LogP contribution in [-0.4, -0.2) is 12.5 Å². The second kappa shape index (κ2) is 6.38. The third-order valence-corrected chi connectivity index (χ3v) is 2.60. The number of nitriles is 1. The van der Waals surface area contributed by atoms with Gasteiger partial charge in [0.1, 0.15) is 23.2 Å². The monoisotopic (exact) mass is 273 g/mol. The van der Waals surface area contributed by atoms with E-state index < -0.39 is 5.82 Å². The van der Waals surface area contributed by atoms with Gasteiger partial charge in [-0.1, -0.05) is 6.07 Å². The summed E-state index contributed by atoms with van der Waals surface area (Å²) in [4.78, 5) is 11.6. The predicted molar refractivity (Wildman–Crippen MR) is 70.2 cm³/mol. The van der Waals surface area contributed by atoms with Crippen LogP contribution >= 0.6 is 0 Å². The lowest BCUT2D eigenvalue weighted by molar-refractivity contribution is -0.119. The van der Waals surface area contributed by atoms with E-state index in [1.807, 2.05) is 0 Å². The van der Waals surface area contributed by atoms with Crippen LogP contribution in [0.1, 0.15) is 11.3 Å². The minimum atomic E-state index is -0.617. The molecule has 1 heterocycles. The molecule has 0 fully saturated rings. The minimum absolute atomic E-state index is 0.0567. The lowest BCUT2D eigenvalue weighted by Crippen LogP contribution is -2.29. The molecule has 0 saturated heterocycles. The summed E-state index contributed by atoms with van der Waals surface area (Å²) in [6.07, 6.45) is 1.52. The number of nitrogens with one attached hydrogen (secondary N) is 2. The second-order valence-electron chi connectivity index (χ2n) is 3.98. The van der Waals surface area contributed by atoms with Crippen molar-refractivity contribution in [1.29, 1.82) is 5.26 Å². The molecule has 1 amide bonds. The van der Waals surface area contributed by atoms with E-state index in [1.54, 1.807) is 24.3 Å². The number of hydrogen-bond acceptors (Lipinski definition) is 4. The van der Waals surface area contributed by atoms with Crippen molar-refractivity contribution >= 4 is 11.6 Å². The molecule has 0 aliphatic carbocycles. The van der Waals surface area contributed by atoms with Crippen molar-refractivity contribution in [2.75, 3.05) is 11.9 Å². The number of anilines is 1. The second-order valence-corrected chi connectivity index (χ2v) is 3.98. The van der Waals surface area contributed by atoms with E-state index in [-0.39, 0.29) is 24.6 Å². The Morgan fingerprint density at radius 3 is 2.90 bits per heavy atom. The topological polar surface area (TPSA) is 78.1 Å². The third-order valence-electron chi connectivity index (χ3n) is 2.60. The van der Waals surface area contributed by atoms with Crippen LogP contribution in [-0.2, 0) is 11.3 Å². The fraction of sp³-hybridized carbons (Fsp3) is 0.143. The van der Waals surface area contributed by atoms with Gasteiger partial charge in [-0.2, -0.15) is 5.26 Å². The van der Waals surface area contributed by atoms with Crippen molar-refractivity contribution in [2.24, 2.45) is 0 Å². The van der Waals surface area contributed by atoms with Gasteiger partial charge in [0.05, 0.1) is 25.0 Å². The quantitative estimate of drug-likeness (QED) is 0.873. The molecule has 0 unspecified atom stereocenters. The van der Waals surface area contributed by atoms with Gasteiger partial charge < -0.3 is 15.1 Å². The fourth-order valence-corrected chi connectivity index (χ4v) is 1.62. The highest BCUT2D eigenvalue weighted by atomic mass is 19.1. The summed E-state index contributed by atoms with van der Waals surface area (Å²) in [6.45, 7) is 0.223. The van der Waals surface area contributed by atoms with Crippen molar-refractivity contribution in [3.05, 3.63) is 53.7 Å². The predicted octanol–water partition coefficient (Wildman–Crippen LogP) is 2.02. The van der Waals surface area contributed by atoms with E-state index in [1.165, 1.54) is 18.4 Å². The fourth-order valence-electron chi connectivity index (χ4n) is 1.62. The van der Waals surface area contributed by atoms with E-state index >= 15 is 0 Å². The van der Waals surface area contributed by atoms with Gasteiger partial charge in [0, 0.05) is 0 Å². The van der Waals surface area contributed by atoms with Crippen molar-refractivity contribution in [3.8, 4) is 6.07 Å². The first kappa shape index (κ1) is 13.6. The molecule has 2 aromatic rings. The average Bonchev–Trinajstić information content (AvgIpc) is 2.96. The maximum absolute atomic E-state index is 13.3. The van der Waals surface area contributed by atoms with Crippen molar-refractivity contribution < 1.29 is 13.6 Å². The van der Waals surface area contributed by atoms with Crippen LogP contribution in [0.4, 0.5) is 10.1 Å². The Balaban J connectivity index is 1.87. The summed E-state index contributed by atoms with van der Waals surface area (Å²) in [7, 11) is 0. The number of furan rings is 1. The normalized spacial score (nSPS) is 9.80. The highest BCUT2D eigenvalue weighted by Crippen LogP contribution is 2.17. The van der Waals surface area contributed by atoms with Gasteiger partial charge >= 0.3 is 0 Å². The zero-order valence-electron chi connectivity index (χ0n) is 10.5. The number of amides is 1. The smallest absolute Gasteiger partial charge is 0.239 e. The molecule has 1 aromatic heterocycles. The molecule has 0 atom stereocenters. The Kier molecular flexibility index (Phi) is 4.35.